The number of likely N-dealkylation sites (N-methyl/N-ethyl adjacent to an activating group) is 1. The van der Waals surface area contributed by atoms with E-state index in [1.807, 2.05) is 0 Å². The number of allylic oxidation sites excluding steroid dienone is 1. The number of nitrogens with one attached hydrogen (secondary N) is 1. The lowest BCUT2D eigenvalue weighted by Gasteiger charge is -2.21. The van der Waals surface area contributed by atoms with Gasteiger partial charge in [0.05, 0.1) is 0 Å². The minimum atomic E-state index is -2.36. The fourth-order valence-electron chi connectivity index (χ4n) is 2.39. The van der Waals surface area contributed by atoms with Crippen LogP contribution in [0.5, 0.6) is 0 Å². The van der Waals surface area contributed by atoms with Crippen LogP contribution in [0.15, 0.2) is 11.6 Å². The molecule has 1 N–H and O–H groups in total. The van der Waals surface area contributed by atoms with E-state index in [4.69, 9.17) is 4.74 Å². The van der Waals surface area contributed by atoms with Gasteiger partial charge in [-0.1, -0.05) is 25.0 Å². The molecular formula is C14H25F2NO. The van der Waals surface area contributed by atoms with Gasteiger partial charge in [0.25, 0.3) is 6.43 Å². The van der Waals surface area contributed by atoms with Crippen LogP contribution in [0.3, 0.4) is 0 Å². The maximum atomic E-state index is 12.0. The highest BCUT2D eigenvalue weighted by Crippen LogP contribution is 2.21. The molecule has 0 radical (unpaired) electrons. The molecule has 0 aromatic heterocycles. The highest BCUT2D eigenvalue weighted by Gasteiger charge is 2.14. The maximum Gasteiger partial charge on any atom is 0.261 e. The smallest absolute Gasteiger partial charge is 0.261 e. The topological polar surface area (TPSA) is 21.3 Å². The standard InChI is InChI=1S/C14H25F2NO/c1-2-17-13(9-10-18-11-14(15)16)12-7-5-3-4-6-8-12/h7,13-14,17H,2-6,8-11H2,1H3. The molecular weight excluding hydrogens is 236 g/mol. The number of halogens is 2. The molecule has 2 nitrogen and oxygen atoms in total. The summed E-state index contributed by atoms with van der Waals surface area (Å²) in [5.41, 5.74) is 1.44. The number of hydrogen-bond acceptors (Lipinski definition) is 2. The third-order valence-electron chi connectivity index (χ3n) is 3.27. The molecule has 1 atom stereocenters. The normalized spacial score (nSPS) is 18.6. The second-order valence-electron chi connectivity index (χ2n) is 4.74. The summed E-state index contributed by atoms with van der Waals surface area (Å²) in [6.07, 6.45) is 6.83. The molecule has 0 bridgehead atoms. The minimum absolute atomic E-state index is 0.297. The zero-order valence-corrected chi connectivity index (χ0v) is 11.3. The molecule has 1 unspecified atom stereocenters. The Balaban J connectivity index is 2.35. The predicted octanol–water partition coefficient (Wildman–Crippen LogP) is 3.53. The molecule has 0 aliphatic heterocycles. The first-order valence-electron chi connectivity index (χ1n) is 7.02. The summed E-state index contributed by atoms with van der Waals surface area (Å²) in [5, 5.41) is 3.43. The first-order valence-corrected chi connectivity index (χ1v) is 7.02. The van der Waals surface area contributed by atoms with Crippen LogP contribution in [-0.2, 0) is 4.74 Å². The molecule has 1 aliphatic rings. The second kappa shape index (κ2) is 9.45. The maximum absolute atomic E-state index is 12.0. The Labute approximate surface area is 109 Å². The van der Waals surface area contributed by atoms with E-state index < -0.39 is 13.0 Å². The lowest BCUT2D eigenvalue weighted by molar-refractivity contribution is 0.0152. The summed E-state index contributed by atoms with van der Waals surface area (Å²) in [6, 6.07) is 0.297. The number of hydrogen-bond donors (Lipinski definition) is 1. The van der Waals surface area contributed by atoms with Crippen molar-refractivity contribution in [3.63, 3.8) is 0 Å². The van der Waals surface area contributed by atoms with Gasteiger partial charge in [-0.2, -0.15) is 0 Å². The van der Waals surface area contributed by atoms with E-state index in [-0.39, 0.29) is 0 Å². The van der Waals surface area contributed by atoms with Crippen molar-refractivity contribution in [3.8, 4) is 0 Å². The third kappa shape index (κ3) is 6.45. The van der Waals surface area contributed by atoms with Crippen LogP contribution in [0.1, 0.15) is 45.4 Å². The van der Waals surface area contributed by atoms with Gasteiger partial charge in [0.1, 0.15) is 6.61 Å². The molecule has 0 fully saturated rings. The van der Waals surface area contributed by atoms with Gasteiger partial charge >= 0.3 is 0 Å². The first-order chi connectivity index (χ1) is 8.74. The number of alkyl halides is 2. The van der Waals surface area contributed by atoms with Gasteiger partial charge < -0.3 is 10.1 Å². The van der Waals surface area contributed by atoms with Gasteiger partial charge in [0.2, 0.25) is 0 Å². The minimum Gasteiger partial charge on any atom is -0.375 e. The second-order valence-corrected chi connectivity index (χ2v) is 4.74. The van der Waals surface area contributed by atoms with Crippen molar-refractivity contribution in [1.29, 1.82) is 0 Å². The lowest BCUT2D eigenvalue weighted by atomic mass is 9.99. The highest BCUT2D eigenvalue weighted by molar-refractivity contribution is 5.12. The molecule has 0 saturated carbocycles. The average Bonchev–Trinajstić information content (AvgIpc) is 2.61. The summed E-state index contributed by atoms with van der Waals surface area (Å²) < 4.78 is 28.9. The molecule has 0 aromatic rings. The van der Waals surface area contributed by atoms with Crippen molar-refractivity contribution in [2.24, 2.45) is 0 Å². The van der Waals surface area contributed by atoms with E-state index in [2.05, 4.69) is 18.3 Å². The summed E-state index contributed by atoms with van der Waals surface area (Å²) in [7, 11) is 0. The number of rotatable bonds is 8. The molecule has 106 valence electrons. The quantitative estimate of drug-likeness (QED) is 0.533. The first kappa shape index (κ1) is 15.6. The predicted molar refractivity (Wildman–Crippen MR) is 70.1 cm³/mol. The van der Waals surface area contributed by atoms with Crippen LogP contribution in [0.25, 0.3) is 0 Å². The fraction of sp³-hybridized carbons (Fsp3) is 0.857. The molecule has 0 aromatic carbocycles. The van der Waals surface area contributed by atoms with Crippen molar-refractivity contribution >= 4 is 0 Å². The summed E-state index contributed by atoms with van der Waals surface area (Å²) >= 11 is 0. The zero-order chi connectivity index (χ0) is 13.2. The summed E-state index contributed by atoms with van der Waals surface area (Å²) in [5.74, 6) is 0. The Morgan fingerprint density at radius 2 is 2.17 bits per heavy atom. The third-order valence-corrected chi connectivity index (χ3v) is 3.27. The monoisotopic (exact) mass is 261 g/mol. The SMILES string of the molecule is CCNC(CCOCC(F)F)C1=CCCCCC1. The lowest BCUT2D eigenvalue weighted by Crippen LogP contribution is -2.32. The Kier molecular flexibility index (Phi) is 8.18. The molecule has 18 heavy (non-hydrogen) atoms. The van der Waals surface area contributed by atoms with Gasteiger partial charge in [-0.25, -0.2) is 8.78 Å². The van der Waals surface area contributed by atoms with Crippen LogP contribution in [-0.4, -0.2) is 32.2 Å². The Morgan fingerprint density at radius 1 is 1.33 bits per heavy atom. The van der Waals surface area contributed by atoms with Gasteiger partial charge in [-0.15, -0.1) is 0 Å². The van der Waals surface area contributed by atoms with Crippen molar-refractivity contribution in [1.82, 2.24) is 5.32 Å². The van der Waals surface area contributed by atoms with Crippen LogP contribution in [0.4, 0.5) is 8.78 Å². The Hall–Kier alpha value is -0.480. The van der Waals surface area contributed by atoms with Gasteiger partial charge in [-0.05, 0) is 38.6 Å². The number of ether oxygens (including phenoxy) is 1. The van der Waals surface area contributed by atoms with E-state index in [1.54, 1.807) is 0 Å². The summed E-state index contributed by atoms with van der Waals surface area (Å²) in [4.78, 5) is 0. The average molecular weight is 261 g/mol. The van der Waals surface area contributed by atoms with Crippen LogP contribution in [0, 0.1) is 0 Å². The molecule has 0 saturated heterocycles. The summed E-state index contributed by atoms with van der Waals surface area (Å²) in [6.45, 7) is 2.93. The molecule has 1 rings (SSSR count). The van der Waals surface area contributed by atoms with Crippen molar-refractivity contribution < 1.29 is 13.5 Å². The van der Waals surface area contributed by atoms with Crippen molar-refractivity contribution in [3.05, 3.63) is 11.6 Å². The molecule has 4 heteroatoms. The van der Waals surface area contributed by atoms with Crippen LogP contribution >= 0.6 is 0 Å². The van der Waals surface area contributed by atoms with E-state index in [0.717, 1.165) is 25.8 Å². The van der Waals surface area contributed by atoms with E-state index >= 15 is 0 Å². The van der Waals surface area contributed by atoms with Crippen LogP contribution < -0.4 is 5.32 Å². The van der Waals surface area contributed by atoms with E-state index in [0.29, 0.717) is 12.6 Å². The van der Waals surface area contributed by atoms with Gasteiger partial charge in [0, 0.05) is 12.6 Å². The zero-order valence-electron chi connectivity index (χ0n) is 11.3. The van der Waals surface area contributed by atoms with Crippen molar-refractivity contribution in [2.75, 3.05) is 19.8 Å². The molecule has 0 amide bonds. The van der Waals surface area contributed by atoms with Crippen molar-refractivity contribution in [2.45, 2.75) is 57.9 Å². The Bertz CT molecular complexity index is 244. The highest BCUT2D eigenvalue weighted by atomic mass is 19.3. The van der Waals surface area contributed by atoms with Crippen LogP contribution in [0.2, 0.25) is 0 Å². The van der Waals surface area contributed by atoms with E-state index in [1.165, 1.54) is 24.8 Å². The molecule has 1 aliphatic carbocycles. The Morgan fingerprint density at radius 3 is 2.89 bits per heavy atom. The molecule has 0 heterocycles. The fourth-order valence-corrected chi connectivity index (χ4v) is 2.39. The largest absolute Gasteiger partial charge is 0.375 e. The van der Waals surface area contributed by atoms with Gasteiger partial charge in [-0.3, -0.25) is 0 Å². The van der Waals surface area contributed by atoms with Gasteiger partial charge in [0.15, 0.2) is 0 Å². The van der Waals surface area contributed by atoms with E-state index in [9.17, 15) is 8.78 Å². The molecule has 0 spiro atoms.